The molecule has 15 heavy (non-hydrogen) atoms. The lowest BCUT2D eigenvalue weighted by molar-refractivity contribution is 0.632. The Bertz CT molecular complexity index is 475. The lowest BCUT2D eigenvalue weighted by Gasteiger charge is -2.28. The standard InChI is InChI=1S/C11H12N4/c1-7-11-14-13-8(2)15(11)10-6-4-3-5-9(10)12-7/h3-6,8,13H,1-2H3. The van der Waals surface area contributed by atoms with Gasteiger partial charge in [0.05, 0.1) is 17.1 Å². The van der Waals surface area contributed by atoms with Crippen molar-refractivity contribution < 1.29 is 0 Å². The fraction of sp³-hybridized carbons (Fsp3) is 0.273. The molecule has 4 heteroatoms. The minimum absolute atomic E-state index is 0.201. The maximum atomic E-state index is 4.53. The lowest BCUT2D eigenvalue weighted by Crippen LogP contribution is -2.41. The Kier molecular flexibility index (Phi) is 1.59. The molecule has 1 aromatic rings. The van der Waals surface area contributed by atoms with Crippen LogP contribution >= 0.6 is 0 Å². The third-order valence-corrected chi connectivity index (χ3v) is 2.73. The molecule has 0 spiro atoms. The summed E-state index contributed by atoms with van der Waals surface area (Å²) in [6.45, 7) is 4.08. The molecule has 0 saturated heterocycles. The Morgan fingerprint density at radius 2 is 2.13 bits per heavy atom. The van der Waals surface area contributed by atoms with Gasteiger partial charge < -0.3 is 0 Å². The largest absolute Gasteiger partial charge is 0.299 e. The number of amidine groups is 1. The summed E-state index contributed by atoms with van der Waals surface area (Å²) in [6.07, 6.45) is 0.201. The Morgan fingerprint density at radius 1 is 1.33 bits per heavy atom. The van der Waals surface area contributed by atoms with Crippen LogP contribution in [0.4, 0.5) is 11.4 Å². The van der Waals surface area contributed by atoms with Gasteiger partial charge in [0.25, 0.3) is 0 Å². The number of aliphatic imine (C=N–C) groups is 1. The summed E-state index contributed by atoms with van der Waals surface area (Å²) in [6, 6.07) is 8.13. The van der Waals surface area contributed by atoms with Crippen LogP contribution in [0, 0.1) is 0 Å². The zero-order valence-electron chi connectivity index (χ0n) is 8.73. The average molecular weight is 200 g/mol. The maximum absolute atomic E-state index is 4.53. The second-order valence-electron chi connectivity index (χ2n) is 3.80. The van der Waals surface area contributed by atoms with Crippen molar-refractivity contribution in [2.24, 2.45) is 10.1 Å². The second kappa shape index (κ2) is 2.82. The molecule has 0 fully saturated rings. The van der Waals surface area contributed by atoms with Crippen molar-refractivity contribution in [1.29, 1.82) is 0 Å². The van der Waals surface area contributed by atoms with Crippen LogP contribution in [0.25, 0.3) is 0 Å². The molecule has 0 saturated carbocycles. The van der Waals surface area contributed by atoms with Gasteiger partial charge in [-0.05, 0) is 26.0 Å². The minimum Gasteiger partial charge on any atom is -0.299 e. The molecule has 0 bridgehead atoms. The van der Waals surface area contributed by atoms with E-state index in [4.69, 9.17) is 0 Å². The molecule has 0 aliphatic carbocycles. The van der Waals surface area contributed by atoms with Crippen molar-refractivity contribution in [3.63, 3.8) is 0 Å². The summed E-state index contributed by atoms with van der Waals surface area (Å²) in [5, 5.41) is 4.28. The van der Waals surface area contributed by atoms with Crippen LogP contribution in [-0.4, -0.2) is 17.7 Å². The molecule has 76 valence electrons. The molecule has 3 rings (SSSR count). The Morgan fingerprint density at radius 3 is 3.00 bits per heavy atom. The molecule has 2 heterocycles. The van der Waals surface area contributed by atoms with Gasteiger partial charge in [0.15, 0.2) is 5.84 Å². The van der Waals surface area contributed by atoms with Gasteiger partial charge in [0.2, 0.25) is 0 Å². The third-order valence-electron chi connectivity index (χ3n) is 2.73. The van der Waals surface area contributed by atoms with E-state index in [1.54, 1.807) is 0 Å². The van der Waals surface area contributed by atoms with Crippen LogP contribution in [-0.2, 0) is 0 Å². The summed E-state index contributed by atoms with van der Waals surface area (Å²) in [5.41, 5.74) is 6.17. The number of para-hydroxylation sites is 2. The molecule has 1 N–H and O–H groups in total. The highest BCUT2D eigenvalue weighted by Gasteiger charge is 2.31. The van der Waals surface area contributed by atoms with Crippen molar-refractivity contribution in [3.8, 4) is 0 Å². The number of hydrogen-bond acceptors (Lipinski definition) is 4. The fourth-order valence-corrected chi connectivity index (χ4v) is 2.02. The summed E-state index contributed by atoms with van der Waals surface area (Å²) in [4.78, 5) is 6.71. The van der Waals surface area contributed by atoms with Crippen LogP contribution < -0.4 is 10.3 Å². The number of anilines is 1. The van der Waals surface area contributed by atoms with E-state index < -0.39 is 0 Å². The highest BCUT2D eigenvalue weighted by atomic mass is 15.5. The fourth-order valence-electron chi connectivity index (χ4n) is 2.02. The van der Waals surface area contributed by atoms with E-state index in [-0.39, 0.29) is 6.17 Å². The molecule has 2 aliphatic heterocycles. The van der Waals surface area contributed by atoms with Gasteiger partial charge in [-0.3, -0.25) is 10.3 Å². The molecule has 0 aromatic heterocycles. The zero-order chi connectivity index (χ0) is 10.4. The first-order valence-corrected chi connectivity index (χ1v) is 5.04. The van der Waals surface area contributed by atoms with Gasteiger partial charge in [-0.1, -0.05) is 12.1 Å². The van der Waals surface area contributed by atoms with Crippen molar-refractivity contribution in [3.05, 3.63) is 24.3 Å². The van der Waals surface area contributed by atoms with E-state index >= 15 is 0 Å². The monoisotopic (exact) mass is 200 g/mol. The van der Waals surface area contributed by atoms with E-state index in [2.05, 4.69) is 33.4 Å². The van der Waals surface area contributed by atoms with E-state index in [0.717, 1.165) is 22.9 Å². The molecule has 1 atom stereocenters. The van der Waals surface area contributed by atoms with Gasteiger partial charge in [0, 0.05) is 0 Å². The molecular formula is C11H12N4. The maximum Gasteiger partial charge on any atom is 0.176 e. The molecule has 1 aromatic carbocycles. The lowest BCUT2D eigenvalue weighted by atomic mass is 10.1. The normalized spacial score (nSPS) is 22.5. The van der Waals surface area contributed by atoms with Gasteiger partial charge >= 0.3 is 0 Å². The average Bonchev–Trinajstić information content (AvgIpc) is 2.62. The van der Waals surface area contributed by atoms with Crippen molar-refractivity contribution >= 4 is 22.9 Å². The van der Waals surface area contributed by atoms with Gasteiger partial charge in [-0.25, -0.2) is 4.99 Å². The topological polar surface area (TPSA) is 40.0 Å². The highest BCUT2D eigenvalue weighted by molar-refractivity contribution is 6.47. The first kappa shape index (κ1) is 8.47. The van der Waals surface area contributed by atoms with Crippen molar-refractivity contribution in [2.75, 3.05) is 4.90 Å². The predicted octanol–water partition coefficient (Wildman–Crippen LogP) is 1.86. The number of fused-ring (bicyclic) bond motifs is 3. The zero-order valence-corrected chi connectivity index (χ0v) is 8.73. The highest BCUT2D eigenvalue weighted by Crippen LogP contribution is 2.34. The first-order chi connectivity index (χ1) is 7.27. The summed E-state index contributed by atoms with van der Waals surface area (Å²) in [7, 11) is 0. The van der Waals surface area contributed by atoms with Crippen LogP contribution in [0.5, 0.6) is 0 Å². The number of rotatable bonds is 0. The van der Waals surface area contributed by atoms with E-state index in [1.807, 2.05) is 25.1 Å². The molecule has 0 amide bonds. The summed E-state index contributed by atoms with van der Waals surface area (Å²) >= 11 is 0. The molecule has 2 aliphatic rings. The number of hydrazone groups is 1. The van der Waals surface area contributed by atoms with E-state index in [0.29, 0.717) is 0 Å². The van der Waals surface area contributed by atoms with Gasteiger partial charge in [-0.2, -0.15) is 5.10 Å². The molecule has 4 nitrogen and oxygen atoms in total. The Labute approximate surface area is 88.3 Å². The molecular weight excluding hydrogens is 188 g/mol. The van der Waals surface area contributed by atoms with Gasteiger partial charge in [0.1, 0.15) is 6.17 Å². The summed E-state index contributed by atoms with van der Waals surface area (Å²) in [5.74, 6) is 0.932. The number of nitrogens with zero attached hydrogens (tertiary/aromatic N) is 3. The molecule has 0 radical (unpaired) electrons. The number of benzene rings is 1. The molecule has 1 unspecified atom stereocenters. The second-order valence-corrected chi connectivity index (χ2v) is 3.80. The number of hydrogen-bond donors (Lipinski definition) is 1. The van der Waals surface area contributed by atoms with E-state index in [1.165, 1.54) is 0 Å². The van der Waals surface area contributed by atoms with Crippen LogP contribution in [0.15, 0.2) is 34.4 Å². The predicted molar refractivity (Wildman–Crippen MR) is 61.7 cm³/mol. The Balaban J connectivity index is 2.23. The van der Waals surface area contributed by atoms with Crippen LogP contribution in [0.3, 0.4) is 0 Å². The smallest absolute Gasteiger partial charge is 0.176 e. The summed E-state index contributed by atoms with van der Waals surface area (Å²) < 4.78 is 0. The van der Waals surface area contributed by atoms with Crippen LogP contribution in [0.1, 0.15) is 13.8 Å². The first-order valence-electron chi connectivity index (χ1n) is 5.04. The Hall–Kier alpha value is -1.84. The van der Waals surface area contributed by atoms with Crippen molar-refractivity contribution in [1.82, 2.24) is 5.43 Å². The van der Waals surface area contributed by atoms with Crippen molar-refractivity contribution in [2.45, 2.75) is 20.0 Å². The van der Waals surface area contributed by atoms with Crippen LogP contribution in [0.2, 0.25) is 0 Å². The SMILES string of the molecule is CC1=Nc2ccccc2N2C1=NNC2C. The number of nitrogens with one attached hydrogen (secondary N) is 1. The quantitative estimate of drug-likeness (QED) is 0.694. The van der Waals surface area contributed by atoms with Gasteiger partial charge in [-0.15, -0.1) is 0 Å². The van der Waals surface area contributed by atoms with E-state index in [9.17, 15) is 0 Å². The minimum atomic E-state index is 0.201. The third kappa shape index (κ3) is 1.08.